The minimum Gasteiger partial charge on any atom is -0.355 e. The number of sulfonamides is 1. The lowest BCUT2D eigenvalue weighted by molar-refractivity contribution is -0.122. The van der Waals surface area contributed by atoms with Gasteiger partial charge in [0.2, 0.25) is 15.9 Å². The van der Waals surface area contributed by atoms with Gasteiger partial charge in [0, 0.05) is 6.54 Å². The van der Waals surface area contributed by atoms with Gasteiger partial charge in [-0.3, -0.25) is 4.79 Å². The molecule has 5 N–H and O–H groups in total. The summed E-state index contributed by atoms with van der Waals surface area (Å²) in [5.41, 5.74) is 5.60. The van der Waals surface area contributed by atoms with Gasteiger partial charge in [-0.1, -0.05) is 0 Å². The number of nitrogens with one attached hydrogen (secondary N) is 1. The fourth-order valence-electron chi connectivity index (χ4n) is 0.992. The zero-order valence-corrected chi connectivity index (χ0v) is 10.9. The van der Waals surface area contributed by atoms with Gasteiger partial charge in [-0.25, -0.2) is 13.6 Å². The highest BCUT2D eigenvalue weighted by atomic mass is 32.2. The van der Waals surface area contributed by atoms with E-state index in [4.69, 9.17) is 10.9 Å². The molecular formula is C8H19N3O3S2. The summed E-state index contributed by atoms with van der Waals surface area (Å²) < 4.78 is 21.2. The standard InChI is InChI=1S/C8H19N3O3S2/c1-15-5-3-7(9)8(12)11-4-2-6-16(10,13)14/h7H,2-6,9H2,1H3,(H,11,12)(H2,10,13,14)/t7-/m1/s1. The fraction of sp³-hybridized carbons (Fsp3) is 0.875. The molecule has 0 aromatic heterocycles. The Morgan fingerprint density at radius 2 is 2.12 bits per heavy atom. The van der Waals surface area contributed by atoms with Crippen LogP contribution in [0.15, 0.2) is 0 Å². The van der Waals surface area contributed by atoms with Crippen LogP contribution in [0.1, 0.15) is 12.8 Å². The summed E-state index contributed by atoms with van der Waals surface area (Å²) in [6, 6.07) is -0.526. The van der Waals surface area contributed by atoms with Crippen LogP contribution in [0, 0.1) is 0 Å². The molecule has 8 heteroatoms. The minimum absolute atomic E-state index is 0.132. The van der Waals surface area contributed by atoms with Crippen molar-refractivity contribution in [3.63, 3.8) is 0 Å². The fourth-order valence-corrected chi connectivity index (χ4v) is 2.03. The summed E-state index contributed by atoms with van der Waals surface area (Å²) in [6.45, 7) is 0.280. The lowest BCUT2D eigenvalue weighted by Gasteiger charge is -2.11. The summed E-state index contributed by atoms with van der Waals surface area (Å²) >= 11 is 1.62. The molecule has 96 valence electrons. The van der Waals surface area contributed by atoms with Crippen molar-refractivity contribution in [2.45, 2.75) is 18.9 Å². The molecule has 0 spiro atoms. The lowest BCUT2D eigenvalue weighted by Crippen LogP contribution is -2.41. The molecule has 0 saturated heterocycles. The molecule has 0 heterocycles. The molecule has 0 fully saturated rings. The molecule has 0 saturated carbocycles. The molecule has 0 rings (SSSR count). The Bertz CT molecular complexity index is 306. The zero-order valence-electron chi connectivity index (χ0n) is 9.31. The smallest absolute Gasteiger partial charge is 0.236 e. The molecule has 1 atom stereocenters. The molecule has 0 aliphatic carbocycles. The van der Waals surface area contributed by atoms with Gasteiger partial charge in [0.15, 0.2) is 0 Å². The van der Waals surface area contributed by atoms with Gasteiger partial charge in [-0.2, -0.15) is 11.8 Å². The van der Waals surface area contributed by atoms with Crippen LogP contribution in [0.4, 0.5) is 0 Å². The first-order chi connectivity index (χ1) is 7.37. The molecule has 0 unspecified atom stereocenters. The third-order valence-electron chi connectivity index (χ3n) is 1.87. The molecule has 0 aromatic carbocycles. The van der Waals surface area contributed by atoms with Crippen LogP contribution in [-0.2, 0) is 14.8 Å². The predicted octanol–water partition coefficient (Wildman–Crippen LogP) is -1.14. The van der Waals surface area contributed by atoms with Crippen LogP contribution < -0.4 is 16.2 Å². The summed E-state index contributed by atoms with van der Waals surface area (Å²) in [4.78, 5) is 11.3. The van der Waals surface area contributed by atoms with Crippen LogP contribution in [-0.4, -0.2) is 44.7 Å². The average molecular weight is 269 g/mol. The van der Waals surface area contributed by atoms with Crippen molar-refractivity contribution < 1.29 is 13.2 Å². The van der Waals surface area contributed by atoms with E-state index in [2.05, 4.69) is 5.32 Å². The highest BCUT2D eigenvalue weighted by Gasteiger charge is 2.12. The van der Waals surface area contributed by atoms with Crippen molar-refractivity contribution in [2.24, 2.45) is 10.9 Å². The number of thioether (sulfide) groups is 1. The van der Waals surface area contributed by atoms with Crippen LogP contribution in [0.2, 0.25) is 0 Å². The molecule has 0 aliphatic rings. The maximum atomic E-state index is 11.3. The maximum absolute atomic E-state index is 11.3. The molecule has 0 radical (unpaired) electrons. The number of amides is 1. The van der Waals surface area contributed by atoms with Gasteiger partial charge in [0.1, 0.15) is 0 Å². The Morgan fingerprint density at radius 3 is 2.62 bits per heavy atom. The van der Waals surface area contributed by atoms with E-state index in [9.17, 15) is 13.2 Å². The number of rotatable bonds is 8. The summed E-state index contributed by atoms with van der Waals surface area (Å²) in [7, 11) is -3.44. The molecule has 0 bridgehead atoms. The van der Waals surface area contributed by atoms with Crippen molar-refractivity contribution in [1.29, 1.82) is 0 Å². The van der Waals surface area contributed by atoms with E-state index in [-0.39, 0.29) is 18.2 Å². The quantitative estimate of drug-likeness (QED) is 0.482. The van der Waals surface area contributed by atoms with E-state index < -0.39 is 16.1 Å². The van der Waals surface area contributed by atoms with Crippen LogP contribution in [0.25, 0.3) is 0 Å². The third-order valence-corrected chi connectivity index (χ3v) is 3.38. The largest absolute Gasteiger partial charge is 0.355 e. The highest BCUT2D eigenvalue weighted by Crippen LogP contribution is 1.98. The number of nitrogens with two attached hydrogens (primary N) is 2. The Morgan fingerprint density at radius 1 is 1.50 bits per heavy atom. The van der Waals surface area contributed by atoms with Crippen molar-refractivity contribution >= 4 is 27.7 Å². The number of carbonyl (C=O) groups excluding carboxylic acids is 1. The summed E-state index contributed by atoms with van der Waals surface area (Å²) in [5.74, 6) is 0.447. The number of carbonyl (C=O) groups is 1. The topological polar surface area (TPSA) is 115 Å². The number of hydrogen-bond acceptors (Lipinski definition) is 5. The van der Waals surface area contributed by atoms with Gasteiger partial charge in [0.25, 0.3) is 0 Å². The summed E-state index contributed by atoms with van der Waals surface area (Å²) in [5, 5.41) is 7.38. The van der Waals surface area contributed by atoms with Crippen LogP contribution in [0.3, 0.4) is 0 Å². The van der Waals surface area contributed by atoms with Crippen LogP contribution in [0.5, 0.6) is 0 Å². The van der Waals surface area contributed by atoms with Crippen molar-refractivity contribution in [1.82, 2.24) is 5.32 Å². The first kappa shape index (κ1) is 15.7. The second-order valence-corrected chi connectivity index (χ2v) is 6.12. The zero-order chi connectivity index (χ0) is 12.6. The normalized spacial score (nSPS) is 13.4. The first-order valence-corrected chi connectivity index (χ1v) is 8.00. The van der Waals surface area contributed by atoms with Crippen LogP contribution >= 0.6 is 11.8 Å². The predicted molar refractivity (Wildman–Crippen MR) is 66.6 cm³/mol. The Balaban J connectivity index is 3.65. The minimum atomic E-state index is -3.44. The van der Waals surface area contributed by atoms with Gasteiger partial charge in [-0.15, -0.1) is 0 Å². The Kier molecular flexibility index (Phi) is 7.73. The molecule has 1 amide bonds. The number of primary sulfonamides is 1. The van der Waals surface area contributed by atoms with Crippen molar-refractivity contribution in [3.05, 3.63) is 0 Å². The average Bonchev–Trinajstić information content (AvgIpc) is 2.19. The van der Waals surface area contributed by atoms with Crippen molar-refractivity contribution in [2.75, 3.05) is 24.3 Å². The van der Waals surface area contributed by atoms with E-state index in [1.807, 2.05) is 6.26 Å². The molecular weight excluding hydrogens is 250 g/mol. The molecule has 6 nitrogen and oxygen atoms in total. The maximum Gasteiger partial charge on any atom is 0.236 e. The van der Waals surface area contributed by atoms with E-state index >= 15 is 0 Å². The highest BCUT2D eigenvalue weighted by molar-refractivity contribution is 7.98. The monoisotopic (exact) mass is 269 g/mol. The number of hydrogen-bond donors (Lipinski definition) is 3. The van der Waals surface area contributed by atoms with Gasteiger partial charge < -0.3 is 11.1 Å². The van der Waals surface area contributed by atoms with Gasteiger partial charge in [-0.05, 0) is 24.9 Å². The Labute approximate surface area is 101 Å². The third kappa shape index (κ3) is 8.96. The lowest BCUT2D eigenvalue weighted by atomic mass is 10.2. The second-order valence-electron chi connectivity index (χ2n) is 3.40. The summed E-state index contributed by atoms with van der Waals surface area (Å²) in [6.07, 6.45) is 2.86. The van der Waals surface area contributed by atoms with E-state index in [0.29, 0.717) is 12.8 Å². The SMILES string of the molecule is CSCC[C@@H](N)C(=O)NCCCS(N)(=O)=O. The van der Waals surface area contributed by atoms with Gasteiger partial charge in [0.05, 0.1) is 11.8 Å². The van der Waals surface area contributed by atoms with Crippen molar-refractivity contribution in [3.8, 4) is 0 Å². The van der Waals surface area contributed by atoms with E-state index in [1.54, 1.807) is 11.8 Å². The first-order valence-electron chi connectivity index (χ1n) is 4.89. The molecule has 16 heavy (non-hydrogen) atoms. The van der Waals surface area contributed by atoms with Gasteiger partial charge >= 0.3 is 0 Å². The molecule has 0 aliphatic heterocycles. The Hall–Kier alpha value is -0.310. The van der Waals surface area contributed by atoms with E-state index in [1.165, 1.54) is 0 Å². The van der Waals surface area contributed by atoms with E-state index in [0.717, 1.165) is 5.75 Å². The second kappa shape index (κ2) is 7.88. The molecule has 0 aromatic rings.